The summed E-state index contributed by atoms with van der Waals surface area (Å²) in [5, 5.41) is 8.39. The maximum Gasteiger partial charge on any atom is 0.317 e. The standard InChI is InChI=1S/C18H26N4O3/c1-13(2)20-18(25)22-10-8-15(9-11-22)21-16(23)12-19-17(24)14-6-4-3-5-7-14/h3-7,13,15H,8-12H2,1-2H3,(H,19,24)(H,20,25)(H,21,23). The molecule has 0 aromatic heterocycles. The fourth-order valence-corrected chi connectivity index (χ4v) is 2.70. The molecule has 1 aliphatic rings. The highest BCUT2D eigenvalue weighted by Crippen LogP contribution is 2.10. The van der Waals surface area contributed by atoms with E-state index in [0.29, 0.717) is 31.5 Å². The number of likely N-dealkylation sites (tertiary alicyclic amines) is 1. The van der Waals surface area contributed by atoms with Crippen molar-refractivity contribution in [3.63, 3.8) is 0 Å². The Morgan fingerprint density at radius 1 is 1.12 bits per heavy atom. The van der Waals surface area contributed by atoms with Crippen LogP contribution in [0.1, 0.15) is 37.0 Å². The Labute approximate surface area is 148 Å². The summed E-state index contributed by atoms with van der Waals surface area (Å²) < 4.78 is 0. The monoisotopic (exact) mass is 346 g/mol. The van der Waals surface area contributed by atoms with Gasteiger partial charge >= 0.3 is 6.03 Å². The van der Waals surface area contributed by atoms with Crippen LogP contribution in [-0.2, 0) is 4.79 Å². The number of rotatable bonds is 5. The molecule has 4 amide bonds. The van der Waals surface area contributed by atoms with E-state index in [1.165, 1.54) is 0 Å². The molecule has 7 heteroatoms. The quantitative estimate of drug-likeness (QED) is 0.746. The van der Waals surface area contributed by atoms with Crippen molar-refractivity contribution in [1.29, 1.82) is 0 Å². The number of carbonyl (C=O) groups excluding carboxylic acids is 3. The number of hydrogen-bond donors (Lipinski definition) is 3. The van der Waals surface area contributed by atoms with Crippen LogP contribution in [-0.4, -0.2) is 54.5 Å². The van der Waals surface area contributed by atoms with E-state index in [9.17, 15) is 14.4 Å². The number of benzene rings is 1. The molecule has 0 radical (unpaired) electrons. The van der Waals surface area contributed by atoms with E-state index in [0.717, 1.165) is 0 Å². The lowest BCUT2D eigenvalue weighted by Gasteiger charge is -2.32. The Hall–Kier alpha value is -2.57. The highest BCUT2D eigenvalue weighted by molar-refractivity contribution is 5.96. The summed E-state index contributed by atoms with van der Waals surface area (Å²) in [7, 11) is 0. The smallest absolute Gasteiger partial charge is 0.317 e. The van der Waals surface area contributed by atoms with E-state index < -0.39 is 0 Å². The van der Waals surface area contributed by atoms with Crippen molar-refractivity contribution in [2.24, 2.45) is 0 Å². The molecule has 1 heterocycles. The maximum atomic E-state index is 12.0. The lowest BCUT2D eigenvalue weighted by atomic mass is 10.1. The van der Waals surface area contributed by atoms with Crippen molar-refractivity contribution in [2.75, 3.05) is 19.6 Å². The number of nitrogens with one attached hydrogen (secondary N) is 3. The Morgan fingerprint density at radius 2 is 1.76 bits per heavy atom. The zero-order chi connectivity index (χ0) is 18.2. The van der Waals surface area contributed by atoms with Gasteiger partial charge < -0.3 is 20.9 Å². The third kappa shape index (κ3) is 6.10. The fourth-order valence-electron chi connectivity index (χ4n) is 2.70. The van der Waals surface area contributed by atoms with Gasteiger partial charge in [0.15, 0.2) is 0 Å². The van der Waals surface area contributed by atoms with Gasteiger partial charge in [0.05, 0.1) is 6.54 Å². The Bertz CT molecular complexity index is 596. The van der Waals surface area contributed by atoms with Crippen molar-refractivity contribution in [2.45, 2.75) is 38.8 Å². The summed E-state index contributed by atoms with van der Waals surface area (Å²) in [5.41, 5.74) is 0.528. The summed E-state index contributed by atoms with van der Waals surface area (Å²) >= 11 is 0. The minimum absolute atomic E-state index is 0.0317. The molecule has 3 N–H and O–H groups in total. The zero-order valence-corrected chi connectivity index (χ0v) is 14.7. The van der Waals surface area contributed by atoms with Crippen LogP contribution < -0.4 is 16.0 Å². The Balaban J connectivity index is 1.68. The van der Waals surface area contributed by atoms with Crippen LogP contribution in [0.3, 0.4) is 0 Å². The maximum absolute atomic E-state index is 12.0. The van der Waals surface area contributed by atoms with Crippen molar-refractivity contribution in [3.8, 4) is 0 Å². The van der Waals surface area contributed by atoms with Gasteiger partial charge in [-0.25, -0.2) is 4.79 Å². The molecule has 1 aliphatic heterocycles. The van der Waals surface area contributed by atoms with Crippen LogP contribution >= 0.6 is 0 Å². The molecule has 25 heavy (non-hydrogen) atoms. The predicted octanol–water partition coefficient (Wildman–Crippen LogP) is 1.12. The minimum atomic E-state index is -0.268. The first-order valence-corrected chi connectivity index (χ1v) is 8.63. The lowest BCUT2D eigenvalue weighted by molar-refractivity contribution is -0.121. The van der Waals surface area contributed by atoms with Gasteiger partial charge in [-0.05, 0) is 38.8 Å². The topological polar surface area (TPSA) is 90.5 Å². The van der Waals surface area contributed by atoms with Crippen LogP contribution in [0.2, 0.25) is 0 Å². The first kappa shape index (κ1) is 18.8. The molecule has 2 rings (SSSR count). The summed E-state index contributed by atoms with van der Waals surface area (Å²) in [6.45, 7) is 5.02. The molecule has 1 aromatic rings. The predicted molar refractivity (Wildman–Crippen MR) is 95.2 cm³/mol. The van der Waals surface area contributed by atoms with Gasteiger partial charge in [0.2, 0.25) is 5.91 Å². The summed E-state index contributed by atoms with van der Waals surface area (Å²) in [6.07, 6.45) is 1.42. The normalized spacial score (nSPS) is 14.9. The average Bonchev–Trinajstić information content (AvgIpc) is 2.60. The zero-order valence-electron chi connectivity index (χ0n) is 14.7. The first-order chi connectivity index (χ1) is 12.0. The molecule has 0 spiro atoms. The number of urea groups is 1. The van der Waals surface area contributed by atoms with Crippen LogP contribution in [0.5, 0.6) is 0 Å². The van der Waals surface area contributed by atoms with E-state index in [1.807, 2.05) is 19.9 Å². The third-order valence-corrected chi connectivity index (χ3v) is 4.00. The van der Waals surface area contributed by atoms with Gasteiger partial charge in [0.1, 0.15) is 0 Å². The highest BCUT2D eigenvalue weighted by atomic mass is 16.2. The molecule has 7 nitrogen and oxygen atoms in total. The Kier molecular flexibility index (Phi) is 6.80. The van der Waals surface area contributed by atoms with Crippen molar-refractivity contribution >= 4 is 17.8 Å². The fraction of sp³-hybridized carbons (Fsp3) is 0.500. The summed E-state index contributed by atoms with van der Waals surface area (Å²) in [6, 6.07) is 8.86. The van der Waals surface area contributed by atoms with E-state index in [-0.39, 0.29) is 36.5 Å². The first-order valence-electron chi connectivity index (χ1n) is 8.63. The van der Waals surface area contributed by atoms with Crippen LogP contribution in [0.15, 0.2) is 30.3 Å². The van der Waals surface area contributed by atoms with Crippen molar-refractivity contribution < 1.29 is 14.4 Å². The second kappa shape index (κ2) is 9.05. The van der Waals surface area contributed by atoms with Gasteiger partial charge in [0, 0.05) is 30.7 Å². The van der Waals surface area contributed by atoms with E-state index in [2.05, 4.69) is 16.0 Å². The van der Waals surface area contributed by atoms with Gasteiger partial charge in [-0.1, -0.05) is 18.2 Å². The molecule has 1 saturated heterocycles. The van der Waals surface area contributed by atoms with Gasteiger partial charge in [-0.15, -0.1) is 0 Å². The number of nitrogens with zero attached hydrogens (tertiary/aromatic N) is 1. The van der Waals surface area contributed by atoms with Gasteiger partial charge in [-0.3, -0.25) is 9.59 Å². The number of hydrogen-bond acceptors (Lipinski definition) is 3. The third-order valence-electron chi connectivity index (χ3n) is 4.00. The average molecular weight is 346 g/mol. The molecular formula is C18H26N4O3. The molecule has 1 aromatic carbocycles. The molecule has 136 valence electrons. The van der Waals surface area contributed by atoms with Gasteiger partial charge in [0.25, 0.3) is 5.91 Å². The number of amides is 4. The van der Waals surface area contributed by atoms with Gasteiger partial charge in [-0.2, -0.15) is 0 Å². The molecule has 0 atom stereocenters. The summed E-state index contributed by atoms with van der Waals surface area (Å²) in [5.74, 6) is -0.481. The lowest BCUT2D eigenvalue weighted by Crippen LogP contribution is -2.51. The van der Waals surface area contributed by atoms with Crippen molar-refractivity contribution in [3.05, 3.63) is 35.9 Å². The Morgan fingerprint density at radius 3 is 2.36 bits per heavy atom. The van der Waals surface area contributed by atoms with Crippen LogP contribution in [0.25, 0.3) is 0 Å². The second-order valence-electron chi connectivity index (χ2n) is 6.48. The molecular weight excluding hydrogens is 320 g/mol. The molecule has 0 bridgehead atoms. The number of carbonyl (C=O) groups is 3. The van der Waals surface area contributed by atoms with Crippen LogP contribution in [0.4, 0.5) is 4.79 Å². The minimum Gasteiger partial charge on any atom is -0.352 e. The SMILES string of the molecule is CC(C)NC(=O)N1CCC(NC(=O)CNC(=O)c2ccccc2)CC1. The summed E-state index contributed by atoms with van der Waals surface area (Å²) in [4.78, 5) is 37.6. The molecule has 0 unspecified atom stereocenters. The largest absolute Gasteiger partial charge is 0.352 e. The van der Waals surface area contributed by atoms with E-state index in [1.54, 1.807) is 29.2 Å². The van der Waals surface area contributed by atoms with E-state index >= 15 is 0 Å². The highest BCUT2D eigenvalue weighted by Gasteiger charge is 2.24. The number of piperidine rings is 1. The molecule has 0 saturated carbocycles. The molecule has 0 aliphatic carbocycles. The molecule has 1 fully saturated rings. The second-order valence-corrected chi connectivity index (χ2v) is 6.48. The van der Waals surface area contributed by atoms with Crippen molar-refractivity contribution in [1.82, 2.24) is 20.9 Å². The van der Waals surface area contributed by atoms with Crippen LogP contribution in [0, 0.1) is 0 Å². The van der Waals surface area contributed by atoms with E-state index in [4.69, 9.17) is 0 Å².